The molecule has 0 aromatic heterocycles. The van der Waals surface area contributed by atoms with Crippen LogP contribution in [0.4, 0.5) is 10.1 Å². The van der Waals surface area contributed by atoms with Gasteiger partial charge in [-0.15, -0.1) is 0 Å². The van der Waals surface area contributed by atoms with Crippen LogP contribution in [0.15, 0.2) is 18.2 Å². The molecule has 20 heavy (non-hydrogen) atoms. The summed E-state index contributed by atoms with van der Waals surface area (Å²) >= 11 is 0. The van der Waals surface area contributed by atoms with Gasteiger partial charge in [0.05, 0.1) is 5.69 Å². The first kappa shape index (κ1) is 15.3. The lowest BCUT2D eigenvalue weighted by molar-refractivity contribution is 0.401. The Morgan fingerprint density at radius 3 is 2.90 bits per heavy atom. The number of hydrogen-bond acceptors (Lipinski definition) is 2. The molecule has 3 heteroatoms. The van der Waals surface area contributed by atoms with E-state index in [1.165, 1.54) is 12.8 Å². The Kier molecular flexibility index (Phi) is 5.41. The minimum atomic E-state index is -0.0949. The van der Waals surface area contributed by atoms with E-state index in [-0.39, 0.29) is 11.9 Å². The number of anilines is 1. The number of nitrogens with two attached hydrogens (primary N) is 1. The van der Waals surface area contributed by atoms with Crippen molar-refractivity contribution in [2.75, 3.05) is 18.0 Å². The van der Waals surface area contributed by atoms with Crippen LogP contribution in [0.25, 0.3) is 0 Å². The molecule has 2 unspecified atom stereocenters. The maximum absolute atomic E-state index is 14.3. The van der Waals surface area contributed by atoms with Gasteiger partial charge in [0.25, 0.3) is 0 Å². The molecular weight excluding hydrogens is 251 g/mol. The highest BCUT2D eigenvalue weighted by Crippen LogP contribution is 2.30. The molecule has 0 radical (unpaired) electrons. The monoisotopic (exact) mass is 278 g/mol. The van der Waals surface area contributed by atoms with Crippen molar-refractivity contribution in [3.05, 3.63) is 29.6 Å². The summed E-state index contributed by atoms with van der Waals surface area (Å²) in [4.78, 5) is 2.24. The Balaban J connectivity index is 2.24. The van der Waals surface area contributed by atoms with E-state index in [0.717, 1.165) is 43.6 Å². The molecular formula is C17H27FN2. The fraction of sp³-hybridized carbons (Fsp3) is 0.647. The van der Waals surface area contributed by atoms with Crippen molar-refractivity contribution in [3.63, 3.8) is 0 Å². The SMILES string of the molecule is CCC(N)Cc1cccc(F)c1N1CCCC(CC)C1. The van der Waals surface area contributed by atoms with E-state index in [1.54, 1.807) is 12.1 Å². The van der Waals surface area contributed by atoms with Gasteiger partial charge in [-0.2, -0.15) is 0 Å². The molecule has 1 fully saturated rings. The van der Waals surface area contributed by atoms with Crippen LogP contribution in [0.5, 0.6) is 0 Å². The molecule has 1 aromatic rings. The minimum absolute atomic E-state index is 0.0949. The third kappa shape index (κ3) is 3.51. The molecule has 0 saturated carbocycles. The molecule has 2 nitrogen and oxygen atoms in total. The predicted octanol–water partition coefficient (Wildman–Crippen LogP) is 3.73. The highest BCUT2D eigenvalue weighted by Gasteiger charge is 2.23. The molecule has 2 atom stereocenters. The predicted molar refractivity (Wildman–Crippen MR) is 83.6 cm³/mol. The van der Waals surface area contributed by atoms with E-state index in [9.17, 15) is 4.39 Å². The van der Waals surface area contributed by atoms with Gasteiger partial charge in [0.2, 0.25) is 0 Å². The number of nitrogens with zero attached hydrogens (tertiary/aromatic N) is 1. The van der Waals surface area contributed by atoms with E-state index in [2.05, 4.69) is 18.7 Å². The Labute approximate surface area is 122 Å². The van der Waals surface area contributed by atoms with Gasteiger partial charge in [0, 0.05) is 19.1 Å². The zero-order valence-electron chi connectivity index (χ0n) is 12.7. The van der Waals surface area contributed by atoms with Gasteiger partial charge in [-0.25, -0.2) is 4.39 Å². The minimum Gasteiger partial charge on any atom is -0.369 e. The third-order valence-corrected chi connectivity index (χ3v) is 4.49. The normalized spacial score (nSPS) is 21.0. The summed E-state index contributed by atoms with van der Waals surface area (Å²) in [6, 6.07) is 5.52. The average molecular weight is 278 g/mol. The number of halogens is 1. The summed E-state index contributed by atoms with van der Waals surface area (Å²) in [5, 5.41) is 0. The highest BCUT2D eigenvalue weighted by atomic mass is 19.1. The molecule has 112 valence electrons. The summed E-state index contributed by atoms with van der Waals surface area (Å²) in [5.41, 5.74) is 7.93. The van der Waals surface area contributed by atoms with Gasteiger partial charge in [-0.1, -0.05) is 32.4 Å². The zero-order chi connectivity index (χ0) is 14.5. The standard InChI is InChI=1S/C17H27FN2/c1-3-13-7-6-10-20(12-13)17-14(11-15(19)4-2)8-5-9-16(17)18/h5,8-9,13,15H,3-4,6-7,10-12,19H2,1-2H3. The van der Waals surface area contributed by atoms with E-state index in [0.29, 0.717) is 5.92 Å². The van der Waals surface area contributed by atoms with E-state index < -0.39 is 0 Å². The molecule has 1 saturated heterocycles. The Morgan fingerprint density at radius 1 is 1.40 bits per heavy atom. The maximum atomic E-state index is 14.3. The number of rotatable bonds is 5. The first-order valence-corrected chi connectivity index (χ1v) is 7.93. The Hall–Kier alpha value is -1.09. The second-order valence-corrected chi connectivity index (χ2v) is 5.98. The van der Waals surface area contributed by atoms with Crippen molar-refractivity contribution in [3.8, 4) is 0 Å². The largest absolute Gasteiger partial charge is 0.369 e. The molecule has 2 N–H and O–H groups in total. The van der Waals surface area contributed by atoms with Crippen LogP contribution >= 0.6 is 0 Å². The highest BCUT2D eigenvalue weighted by molar-refractivity contribution is 5.55. The zero-order valence-corrected chi connectivity index (χ0v) is 12.7. The lowest BCUT2D eigenvalue weighted by atomic mass is 9.93. The first-order valence-electron chi connectivity index (χ1n) is 7.93. The molecule has 0 spiro atoms. The summed E-state index contributed by atoms with van der Waals surface area (Å²) in [5.74, 6) is 0.596. The fourth-order valence-corrected chi connectivity index (χ4v) is 3.11. The average Bonchev–Trinajstić information content (AvgIpc) is 2.47. The van der Waals surface area contributed by atoms with Gasteiger partial charge in [-0.3, -0.25) is 0 Å². The van der Waals surface area contributed by atoms with Crippen LogP contribution in [0, 0.1) is 11.7 Å². The second kappa shape index (κ2) is 7.07. The second-order valence-electron chi connectivity index (χ2n) is 5.98. The number of para-hydroxylation sites is 1. The van der Waals surface area contributed by atoms with E-state index in [1.807, 2.05) is 6.07 Å². The van der Waals surface area contributed by atoms with Crippen molar-refractivity contribution in [2.45, 2.75) is 52.0 Å². The van der Waals surface area contributed by atoms with Crippen LogP contribution in [0.1, 0.15) is 45.1 Å². The first-order chi connectivity index (χ1) is 9.65. The van der Waals surface area contributed by atoms with Crippen molar-refractivity contribution in [1.29, 1.82) is 0 Å². The summed E-state index contributed by atoms with van der Waals surface area (Å²) < 4.78 is 14.3. The number of piperidine rings is 1. The maximum Gasteiger partial charge on any atom is 0.146 e. The lowest BCUT2D eigenvalue weighted by Gasteiger charge is -2.35. The Morgan fingerprint density at radius 2 is 2.20 bits per heavy atom. The third-order valence-electron chi connectivity index (χ3n) is 4.49. The van der Waals surface area contributed by atoms with Crippen LogP contribution in [0.3, 0.4) is 0 Å². The smallest absolute Gasteiger partial charge is 0.146 e. The van der Waals surface area contributed by atoms with Gasteiger partial charge in [0.15, 0.2) is 0 Å². The van der Waals surface area contributed by atoms with Gasteiger partial charge in [-0.05, 0) is 43.2 Å². The van der Waals surface area contributed by atoms with Gasteiger partial charge in [0.1, 0.15) is 5.82 Å². The summed E-state index contributed by atoms with van der Waals surface area (Å²) in [6.45, 7) is 6.25. The van der Waals surface area contributed by atoms with Crippen molar-refractivity contribution < 1.29 is 4.39 Å². The van der Waals surface area contributed by atoms with Crippen LogP contribution in [-0.2, 0) is 6.42 Å². The molecule has 2 rings (SSSR count). The van der Waals surface area contributed by atoms with Crippen molar-refractivity contribution in [1.82, 2.24) is 0 Å². The van der Waals surface area contributed by atoms with Crippen molar-refractivity contribution >= 4 is 5.69 Å². The van der Waals surface area contributed by atoms with Gasteiger partial charge >= 0.3 is 0 Å². The fourth-order valence-electron chi connectivity index (χ4n) is 3.11. The summed E-state index contributed by atoms with van der Waals surface area (Å²) in [7, 11) is 0. The summed E-state index contributed by atoms with van der Waals surface area (Å²) in [6.07, 6.45) is 5.29. The molecule has 0 aliphatic carbocycles. The number of benzene rings is 1. The van der Waals surface area contributed by atoms with Crippen LogP contribution < -0.4 is 10.6 Å². The molecule has 1 heterocycles. The van der Waals surface area contributed by atoms with E-state index in [4.69, 9.17) is 5.73 Å². The Bertz CT molecular complexity index is 433. The van der Waals surface area contributed by atoms with E-state index >= 15 is 0 Å². The lowest BCUT2D eigenvalue weighted by Crippen LogP contribution is -2.37. The molecule has 0 amide bonds. The van der Waals surface area contributed by atoms with Crippen LogP contribution in [0.2, 0.25) is 0 Å². The quantitative estimate of drug-likeness (QED) is 0.889. The molecule has 1 aromatic carbocycles. The van der Waals surface area contributed by atoms with Crippen molar-refractivity contribution in [2.24, 2.45) is 11.7 Å². The molecule has 0 bridgehead atoms. The molecule has 1 aliphatic heterocycles. The van der Waals surface area contributed by atoms with Crippen LogP contribution in [-0.4, -0.2) is 19.1 Å². The number of hydrogen-bond donors (Lipinski definition) is 1. The molecule has 1 aliphatic rings. The van der Waals surface area contributed by atoms with Gasteiger partial charge < -0.3 is 10.6 Å². The topological polar surface area (TPSA) is 29.3 Å².